The third kappa shape index (κ3) is 1.31. The lowest BCUT2D eigenvalue weighted by molar-refractivity contribution is 0.584. The van der Waals surface area contributed by atoms with Gasteiger partial charge in [0.1, 0.15) is 0 Å². The van der Waals surface area contributed by atoms with Crippen LogP contribution in [0.1, 0.15) is 19.8 Å². The molecule has 0 bridgehead atoms. The molecule has 0 aromatic rings. The highest BCUT2D eigenvalue weighted by atomic mass is 15.2. The fourth-order valence-corrected chi connectivity index (χ4v) is 0.918. The molecule has 1 rings (SSSR count). The molecular weight excluding hydrogens is 112 g/mol. The van der Waals surface area contributed by atoms with E-state index in [1.54, 1.807) is 0 Å². The first kappa shape index (κ1) is 6.33. The summed E-state index contributed by atoms with van der Waals surface area (Å²) in [4.78, 5) is 1.99. The van der Waals surface area contributed by atoms with Crippen LogP contribution in [0.5, 0.6) is 0 Å². The van der Waals surface area contributed by atoms with Crippen LogP contribution in [-0.2, 0) is 0 Å². The van der Waals surface area contributed by atoms with Gasteiger partial charge in [0.25, 0.3) is 0 Å². The molecule has 0 saturated carbocycles. The lowest BCUT2D eigenvalue weighted by Crippen LogP contribution is -2.21. The maximum absolute atomic E-state index is 7.41. The van der Waals surface area contributed by atoms with E-state index in [-0.39, 0.29) is 0 Å². The van der Waals surface area contributed by atoms with Crippen LogP contribution in [0.15, 0.2) is 12.3 Å². The van der Waals surface area contributed by atoms with Crippen molar-refractivity contribution in [1.29, 1.82) is 5.41 Å². The predicted molar refractivity (Wildman–Crippen MR) is 38.5 cm³/mol. The summed E-state index contributed by atoms with van der Waals surface area (Å²) in [7, 11) is 0. The summed E-state index contributed by atoms with van der Waals surface area (Å²) in [5.41, 5.74) is 0. The van der Waals surface area contributed by atoms with Crippen LogP contribution in [0.3, 0.4) is 0 Å². The van der Waals surface area contributed by atoms with E-state index in [2.05, 4.69) is 6.08 Å². The Morgan fingerprint density at radius 2 is 2.56 bits per heavy atom. The Morgan fingerprint density at radius 1 is 1.78 bits per heavy atom. The molecule has 0 fully saturated rings. The number of hydrogen-bond donors (Lipinski definition) is 1. The van der Waals surface area contributed by atoms with Gasteiger partial charge in [-0.3, -0.25) is 5.41 Å². The first-order valence-electron chi connectivity index (χ1n) is 3.35. The van der Waals surface area contributed by atoms with Crippen LogP contribution in [0.4, 0.5) is 0 Å². The number of nitrogens with one attached hydrogen (secondary N) is 1. The van der Waals surface area contributed by atoms with Gasteiger partial charge in [0, 0.05) is 19.2 Å². The average Bonchev–Trinajstić information content (AvgIpc) is 2.37. The zero-order valence-corrected chi connectivity index (χ0v) is 5.72. The Hall–Kier alpha value is -0.790. The minimum atomic E-state index is 0.726. The first-order valence-corrected chi connectivity index (χ1v) is 3.35. The molecule has 1 aliphatic heterocycles. The Morgan fingerprint density at radius 3 is 3.00 bits per heavy atom. The molecular formula is C7H12N2. The summed E-state index contributed by atoms with van der Waals surface area (Å²) < 4.78 is 0. The maximum atomic E-state index is 7.41. The highest BCUT2D eigenvalue weighted by Gasteiger charge is 2.06. The second kappa shape index (κ2) is 2.67. The lowest BCUT2D eigenvalue weighted by atomic mass is 10.4. The molecule has 0 aliphatic carbocycles. The number of nitrogens with zero attached hydrogens (tertiary/aromatic N) is 1. The quantitative estimate of drug-likeness (QED) is 0.417. The predicted octanol–water partition coefficient (Wildman–Crippen LogP) is 1.59. The van der Waals surface area contributed by atoms with Gasteiger partial charge in [0.2, 0.25) is 0 Å². The van der Waals surface area contributed by atoms with Crippen molar-refractivity contribution in [3.05, 3.63) is 12.3 Å². The SMILES string of the molecule is CCC(=N)N1C=CCC1. The second-order valence-corrected chi connectivity index (χ2v) is 2.17. The Kier molecular flexibility index (Phi) is 1.88. The Balaban J connectivity index is 2.43. The van der Waals surface area contributed by atoms with Gasteiger partial charge < -0.3 is 4.90 Å². The van der Waals surface area contributed by atoms with Crippen LogP contribution in [0, 0.1) is 5.41 Å². The van der Waals surface area contributed by atoms with E-state index in [4.69, 9.17) is 5.41 Å². The summed E-state index contributed by atoms with van der Waals surface area (Å²) in [6, 6.07) is 0. The first-order chi connectivity index (χ1) is 4.34. The number of hydrogen-bond acceptors (Lipinski definition) is 1. The third-order valence-electron chi connectivity index (χ3n) is 1.50. The molecule has 0 amide bonds. The van der Waals surface area contributed by atoms with Crippen LogP contribution >= 0.6 is 0 Å². The molecule has 0 aromatic carbocycles. The zero-order chi connectivity index (χ0) is 6.69. The van der Waals surface area contributed by atoms with Crippen LogP contribution in [0.2, 0.25) is 0 Å². The van der Waals surface area contributed by atoms with E-state index in [1.165, 1.54) is 0 Å². The van der Waals surface area contributed by atoms with E-state index in [0.29, 0.717) is 0 Å². The highest BCUT2D eigenvalue weighted by molar-refractivity contribution is 5.80. The van der Waals surface area contributed by atoms with Gasteiger partial charge in [0.05, 0.1) is 5.84 Å². The minimum absolute atomic E-state index is 0.726. The molecule has 0 saturated heterocycles. The third-order valence-corrected chi connectivity index (χ3v) is 1.50. The van der Waals surface area contributed by atoms with Crippen molar-refractivity contribution in [2.75, 3.05) is 6.54 Å². The fourth-order valence-electron chi connectivity index (χ4n) is 0.918. The van der Waals surface area contributed by atoms with E-state index in [0.717, 1.165) is 25.2 Å². The van der Waals surface area contributed by atoms with E-state index in [9.17, 15) is 0 Å². The van der Waals surface area contributed by atoms with E-state index >= 15 is 0 Å². The summed E-state index contributed by atoms with van der Waals surface area (Å²) in [6.07, 6.45) is 6.03. The smallest absolute Gasteiger partial charge is 0.0995 e. The lowest BCUT2D eigenvalue weighted by Gasteiger charge is -2.13. The summed E-state index contributed by atoms with van der Waals surface area (Å²) in [5, 5.41) is 7.41. The molecule has 0 unspecified atom stereocenters. The summed E-state index contributed by atoms with van der Waals surface area (Å²) >= 11 is 0. The van der Waals surface area contributed by atoms with Crippen molar-refractivity contribution in [2.24, 2.45) is 0 Å². The van der Waals surface area contributed by atoms with Crippen molar-refractivity contribution in [3.8, 4) is 0 Å². The van der Waals surface area contributed by atoms with Crippen molar-refractivity contribution in [2.45, 2.75) is 19.8 Å². The largest absolute Gasteiger partial charge is 0.337 e. The average molecular weight is 124 g/mol. The van der Waals surface area contributed by atoms with Crippen LogP contribution in [0.25, 0.3) is 0 Å². The van der Waals surface area contributed by atoms with E-state index < -0.39 is 0 Å². The number of amidine groups is 1. The molecule has 1 aliphatic rings. The van der Waals surface area contributed by atoms with Crippen LogP contribution in [-0.4, -0.2) is 17.3 Å². The molecule has 1 N–H and O–H groups in total. The van der Waals surface area contributed by atoms with Gasteiger partial charge >= 0.3 is 0 Å². The van der Waals surface area contributed by atoms with Gasteiger partial charge in [-0.25, -0.2) is 0 Å². The molecule has 9 heavy (non-hydrogen) atoms. The molecule has 0 aromatic heterocycles. The molecule has 0 radical (unpaired) electrons. The van der Waals surface area contributed by atoms with Gasteiger partial charge in [-0.05, 0) is 6.42 Å². The normalized spacial score (nSPS) is 16.8. The topological polar surface area (TPSA) is 27.1 Å². The second-order valence-electron chi connectivity index (χ2n) is 2.17. The molecule has 0 atom stereocenters. The number of rotatable bonds is 1. The van der Waals surface area contributed by atoms with Gasteiger partial charge in [-0.2, -0.15) is 0 Å². The Bertz CT molecular complexity index is 138. The standard InChI is InChI=1S/C7H12N2/c1-2-7(8)9-5-3-4-6-9/h3,5,8H,2,4,6H2,1H3. The minimum Gasteiger partial charge on any atom is -0.337 e. The van der Waals surface area contributed by atoms with Gasteiger partial charge in [-0.15, -0.1) is 0 Å². The summed E-state index contributed by atoms with van der Waals surface area (Å²) in [5.74, 6) is 0.726. The fraction of sp³-hybridized carbons (Fsp3) is 0.571. The van der Waals surface area contributed by atoms with Crippen molar-refractivity contribution in [1.82, 2.24) is 4.90 Å². The Labute approximate surface area is 55.7 Å². The van der Waals surface area contributed by atoms with Gasteiger partial charge in [-0.1, -0.05) is 13.0 Å². The molecule has 50 valence electrons. The van der Waals surface area contributed by atoms with Crippen molar-refractivity contribution < 1.29 is 0 Å². The molecule has 2 nitrogen and oxygen atoms in total. The van der Waals surface area contributed by atoms with E-state index in [1.807, 2.05) is 18.0 Å². The van der Waals surface area contributed by atoms with Crippen molar-refractivity contribution >= 4 is 5.84 Å². The highest BCUT2D eigenvalue weighted by Crippen LogP contribution is 2.05. The summed E-state index contributed by atoms with van der Waals surface area (Å²) in [6.45, 7) is 3.02. The van der Waals surface area contributed by atoms with Crippen molar-refractivity contribution in [3.63, 3.8) is 0 Å². The molecule has 0 spiro atoms. The monoisotopic (exact) mass is 124 g/mol. The van der Waals surface area contributed by atoms with Crippen LogP contribution < -0.4 is 0 Å². The molecule has 2 heteroatoms. The molecule has 1 heterocycles. The zero-order valence-electron chi connectivity index (χ0n) is 5.72. The van der Waals surface area contributed by atoms with Gasteiger partial charge in [0.15, 0.2) is 0 Å². The maximum Gasteiger partial charge on any atom is 0.0995 e.